The zero-order valence-corrected chi connectivity index (χ0v) is 15.9. The summed E-state index contributed by atoms with van der Waals surface area (Å²) < 4.78 is 0. The van der Waals surface area contributed by atoms with Crippen molar-refractivity contribution in [3.63, 3.8) is 0 Å². The number of hydrogen-bond acceptors (Lipinski definition) is 5. The second-order valence-corrected chi connectivity index (χ2v) is 6.98. The molecular weight excluding hydrogens is 374 g/mol. The van der Waals surface area contributed by atoms with Crippen molar-refractivity contribution in [3.8, 4) is 17.3 Å². The number of para-hydroxylation sites is 1. The summed E-state index contributed by atoms with van der Waals surface area (Å²) in [6.07, 6.45) is 0. The predicted octanol–water partition coefficient (Wildman–Crippen LogP) is 3.29. The van der Waals surface area contributed by atoms with E-state index in [0.29, 0.717) is 22.2 Å². The summed E-state index contributed by atoms with van der Waals surface area (Å²) in [6, 6.07) is 19.2. The summed E-state index contributed by atoms with van der Waals surface area (Å²) in [5.41, 5.74) is 1.84. The summed E-state index contributed by atoms with van der Waals surface area (Å²) in [4.78, 5) is 24.2. The topological polar surface area (TPSA) is 76.0 Å². The molecule has 2 heterocycles. The molecule has 1 saturated heterocycles. The van der Waals surface area contributed by atoms with E-state index < -0.39 is 5.56 Å². The number of aromatic amines is 1. The highest BCUT2D eigenvalue weighted by Gasteiger charge is 2.21. The van der Waals surface area contributed by atoms with E-state index in [1.165, 1.54) is 5.69 Å². The smallest absolute Gasteiger partial charge is 0.270 e. The van der Waals surface area contributed by atoms with Crippen molar-refractivity contribution in [1.29, 1.82) is 5.26 Å². The minimum Gasteiger partial charge on any atom is -0.368 e. The summed E-state index contributed by atoms with van der Waals surface area (Å²) in [7, 11) is 0. The molecule has 0 atom stereocenters. The highest BCUT2D eigenvalue weighted by Crippen LogP contribution is 2.24. The normalized spacial score (nSPS) is 14.0. The van der Waals surface area contributed by atoms with Crippen molar-refractivity contribution in [1.82, 2.24) is 9.97 Å². The Morgan fingerprint density at radius 1 is 0.964 bits per heavy atom. The lowest BCUT2D eigenvalue weighted by atomic mass is 10.1. The molecule has 28 heavy (non-hydrogen) atoms. The monoisotopic (exact) mass is 391 g/mol. The number of hydrogen-bond donors (Lipinski definition) is 1. The average molecular weight is 392 g/mol. The van der Waals surface area contributed by atoms with Gasteiger partial charge in [-0.15, -0.1) is 0 Å². The molecule has 7 heteroatoms. The molecule has 4 rings (SSSR count). The molecule has 1 fully saturated rings. The van der Waals surface area contributed by atoms with Crippen LogP contribution in [0.5, 0.6) is 0 Å². The van der Waals surface area contributed by atoms with Gasteiger partial charge in [0.1, 0.15) is 11.6 Å². The molecule has 1 aliphatic rings. The maximum atomic E-state index is 12.5. The van der Waals surface area contributed by atoms with Gasteiger partial charge in [0.05, 0.1) is 5.69 Å². The third-order valence-electron chi connectivity index (χ3n) is 4.84. The van der Waals surface area contributed by atoms with Crippen molar-refractivity contribution in [2.45, 2.75) is 0 Å². The van der Waals surface area contributed by atoms with E-state index in [1.54, 1.807) is 24.3 Å². The summed E-state index contributed by atoms with van der Waals surface area (Å²) in [5.74, 6) is 0.488. The van der Waals surface area contributed by atoms with Gasteiger partial charge < -0.3 is 9.80 Å². The zero-order valence-electron chi connectivity index (χ0n) is 15.1. The van der Waals surface area contributed by atoms with Crippen LogP contribution in [0, 0.1) is 11.3 Å². The molecule has 0 amide bonds. The fourth-order valence-electron chi connectivity index (χ4n) is 3.35. The van der Waals surface area contributed by atoms with Gasteiger partial charge in [0, 0.05) is 42.5 Å². The van der Waals surface area contributed by atoms with E-state index in [-0.39, 0.29) is 5.56 Å². The summed E-state index contributed by atoms with van der Waals surface area (Å²) in [5, 5.41) is 10.0. The van der Waals surface area contributed by atoms with Crippen molar-refractivity contribution in [3.05, 3.63) is 75.5 Å². The van der Waals surface area contributed by atoms with Crippen LogP contribution in [0.4, 0.5) is 11.6 Å². The number of aromatic nitrogens is 2. The van der Waals surface area contributed by atoms with Gasteiger partial charge in [0.25, 0.3) is 5.56 Å². The first-order chi connectivity index (χ1) is 13.7. The molecular formula is C21H18ClN5O. The van der Waals surface area contributed by atoms with Crippen molar-refractivity contribution in [2.24, 2.45) is 0 Å². The molecule has 0 aliphatic carbocycles. The van der Waals surface area contributed by atoms with Gasteiger partial charge in [-0.2, -0.15) is 5.26 Å². The number of rotatable bonds is 3. The van der Waals surface area contributed by atoms with Crippen LogP contribution in [0.15, 0.2) is 59.4 Å². The molecule has 1 aliphatic heterocycles. The summed E-state index contributed by atoms with van der Waals surface area (Å²) in [6.45, 7) is 3.10. The van der Waals surface area contributed by atoms with E-state index in [4.69, 9.17) is 11.6 Å². The number of H-pyrrole nitrogens is 1. The van der Waals surface area contributed by atoms with Crippen LogP contribution < -0.4 is 15.4 Å². The second kappa shape index (κ2) is 7.75. The Bertz CT molecular complexity index is 1060. The van der Waals surface area contributed by atoms with Gasteiger partial charge >= 0.3 is 0 Å². The number of nitrogens with zero attached hydrogens (tertiary/aromatic N) is 4. The molecule has 0 saturated carbocycles. The second-order valence-electron chi connectivity index (χ2n) is 6.54. The third-order valence-corrected chi connectivity index (χ3v) is 5.09. The molecule has 2 aromatic carbocycles. The molecule has 1 N–H and O–H groups in total. The van der Waals surface area contributed by atoms with E-state index >= 15 is 0 Å². The lowest BCUT2D eigenvalue weighted by molar-refractivity contribution is 0.639. The van der Waals surface area contributed by atoms with Crippen LogP contribution in [-0.4, -0.2) is 36.1 Å². The standard InChI is InChI=1S/C21H18ClN5O/c22-16-8-6-15(7-9-16)19-18(14-23)20(28)25-21(24-19)27-12-10-26(11-13-27)17-4-2-1-3-5-17/h1-9H,10-13H2,(H,24,25,28). The van der Waals surface area contributed by atoms with E-state index in [1.807, 2.05) is 29.2 Å². The highest BCUT2D eigenvalue weighted by molar-refractivity contribution is 6.30. The van der Waals surface area contributed by atoms with E-state index in [2.05, 4.69) is 27.0 Å². The van der Waals surface area contributed by atoms with Crippen molar-refractivity contribution >= 4 is 23.2 Å². The number of nitriles is 1. The maximum absolute atomic E-state index is 12.5. The van der Waals surface area contributed by atoms with Gasteiger partial charge in [0.2, 0.25) is 5.95 Å². The number of anilines is 2. The fraction of sp³-hybridized carbons (Fsp3) is 0.190. The maximum Gasteiger partial charge on any atom is 0.270 e. The molecule has 1 aromatic heterocycles. The molecule has 0 radical (unpaired) electrons. The van der Waals surface area contributed by atoms with Crippen LogP contribution in [0.1, 0.15) is 5.56 Å². The van der Waals surface area contributed by atoms with Gasteiger partial charge in [-0.3, -0.25) is 9.78 Å². The predicted molar refractivity (Wildman–Crippen MR) is 111 cm³/mol. The third kappa shape index (κ3) is 3.57. The van der Waals surface area contributed by atoms with Crippen molar-refractivity contribution in [2.75, 3.05) is 36.0 Å². The molecule has 140 valence electrons. The van der Waals surface area contributed by atoms with Crippen LogP contribution >= 0.6 is 11.6 Å². The Morgan fingerprint density at radius 3 is 2.25 bits per heavy atom. The zero-order chi connectivity index (χ0) is 19.5. The van der Waals surface area contributed by atoms with Gasteiger partial charge in [0.15, 0.2) is 0 Å². The number of benzene rings is 2. The summed E-state index contributed by atoms with van der Waals surface area (Å²) >= 11 is 5.96. The molecule has 6 nitrogen and oxygen atoms in total. The van der Waals surface area contributed by atoms with Gasteiger partial charge in [-0.1, -0.05) is 41.9 Å². The van der Waals surface area contributed by atoms with Gasteiger partial charge in [-0.05, 0) is 24.3 Å². The van der Waals surface area contributed by atoms with Crippen LogP contribution in [0.2, 0.25) is 5.02 Å². The van der Waals surface area contributed by atoms with Crippen LogP contribution in [0.25, 0.3) is 11.3 Å². The first-order valence-corrected chi connectivity index (χ1v) is 9.39. The van der Waals surface area contributed by atoms with E-state index in [9.17, 15) is 10.1 Å². The molecule has 0 unspecified atom stereocenters. The molecule has 0 spiro atoms. The first kappa shape index (κ1) is 18.1. The number of halogens is 1. The number of piperazine rings is 1. The van der Waals surface area contributed by atoms with Crippen molar-refractivity contribution < 1.29 is 0 Å². The SMILES string of the molecule is N#Cc1c(-c2ccc(Cl)cc2)nc(N2CCN(c3ccccc3)CC2)[nH]c1=O. The molecule has 3 aromatic rings. The minimum absolute atomic E-state index is 0.00833. The Kier molecular flexibility index (Phi) is 5.00. The van der Waals surface area contributed by atoms with Crippen LogP contribution in [-0.2, 0) is 0 Å². The Morgan fingerprint density at radius 2 is 1.61 bits per heavy atom. The van der Waals surface area contributed by atoms with E-state index in [0.717, 1.165) is 26.2 Å². The lowest BCUT2D eigenvalue weighted by Gasteiger charge is -2.36. The fourth-order valence-corrected chi connectivity index (χ4v) is 3.47. The van der Waals surface area contributed by atoms with Gasteiger partial charge in [-0.25, -0.2) is 4.98 Å². The first-order valence-electron chi connectivity index (χ1n) is 9.01. The van der Waals surface area contributed by atoms with Crippen LogP contribution in [0.3, 0.4) is 0 Å². The Labute approximate surface area is 167 Å². The Hall–Kier alpha value is -3.30. The number of nitrogens with one attached hydrogen (secondary N) is 1. The largest absolute Gasteiger partial charge is 0.368 e. The minimum atomic E-state index is -0.428. The lowest BCUT2D eigenvalue weighted by Crippen LogP contribution is -2.47. The quantitative estimate of drug-likeness (QED) is 0.741. The molecule has 0 bridgehead atoms. The highest BCUT2D eigenvalue weighted by atomic mass is 35.5. The average Bonchev–Trinajstić information content (AvgIpc) is 2.74. The Balaban J connectivity index is 1.62.